The highest BCUT2D eigenvalue weighted by molar-refractivity contribution is 7.92. The van der Waals surface area contributed by atoms with Gasteiger partial charge in [-0.25, -0.2) is 8.42 Å². The third-order valence-electron chi connectivity index (χ3n) is 2.58. The van der Waals surface area contributed by atoms with Gasteiger partial charge in [-0.15, -0.1) is 0 Å². The van der Waals surface area contributed by atoms with Crippen LogP contribution in [0.3, 0.4) is 0 Å². The number of halogens is 1. The Hall–Kier alpha value is -0.580. The standard InChI is InChI=1S/C11H16ClNO2S/c1-11(2,6-7-13)16(14,15)10-5-3-4-9(12)8-10/h3-5,8H,6-7,13H2,1-2H3. The molecule has 0 atom stereocenters. The van der Waals surface area contributed by atoms with Crippen LogP contribution in [-0.2, 0) is 9.84 Å². The number of hydrogen-bond acceptors (Lipinski definition) is 3. The predicted octanol–water partition coefficient (Wildman–Crippen LogP) is 2.24. The molecule has 1 aromatic rings. The van der Waals surface area contributed by atoms with Crippen LogP contribution in [0.4, 0.5) is 0 Å². The van der Waals surface area contributed by atoms with Crippen LogP contribution in [0.25, 0.3) is 0 Å². The summed E-state index contributed by atoms with van der Waals surface area (Å²) in [7, 11) is -3.39. The van der Waals surface area contributed by atoms with Crippen LogP contribution in [0.1, 0.15) is 20.3 Å². The van der Waals surface area contributed by atoms with Gasteiger partial charge in [-0.3, -0.25) is 0 Å². The molecule has 3 nitrogen and oxygen atoms in total. The van der Waals surface area contributed by atoms with Crippen molar-refractivity contribution in [3.63, 3.8) is 0 Å². The molecule has 0 aliphatic heterocycles. The van der Waals surface area contributed by atoms with Crippen molar-refractivity contribution < 1.29 is 8.42 Å². The molecule has 1 aromatic carbocycles. The predicted molar refractivity (Wildman–Crippen MR) is 66.4 cm³/mol. The van der Waals surface area contributed by atoms with Crippen LogP contribution in [0.15, 0.2) is 29.2 Å². The van der Waals surface area contributed by atoms with Gasteiger partial charge in [-0.2, -0.15) is 0 Å². The molecule has 0 aliphatic rings. The van der Waals surface area contributed by atoms with E-state index in [9.17, 15) is 8.42 Å². The molecule has 1 rings (SSSR count). The van der Waals surface area contributed by atoms with E-state index >= 15 is 0 Å². The average Bonchev–Trinajstić information content (AvgIpc) is 2.17. The second-order valence-corrected chi connectivity index (χ2v) is 7.28. The molecule has 0 unspecified atom stereocenters. The minimum atomic E-state index is -3.39. The monoisotopic (exact) mass is 261 g/mol. The van der Waals surface area contributed by atoms with Crippen LogP contribution < -0.4 is 5.73 Å². The second-order valence-electron chi connectivity index (χ2n) is 4.26. The maximum absolute atomic E-state index is 12.3. The Morgan fingerprint density at radius 1 is 1.38 bits per heavy atom. The molecule has 0 saturated heterocycles. The van der Waals surface area contributed by atoms with Crippen molar-refractivity contribution in [2.24, 2.45) is 5.73 Å². The first-order chi connectivity index (χ1) is 7.31. The topological polar surface area (TPSA) is 60.2 Å². The molecule has 0 aliphatic carbocycles. The van der Waals surface area contributed by atoms with Crippen LogP contribution in [0, 0.1) is 0 Å². The Bertz CT molecular complexity index is 469. The Kier molecular flexibility index (Phi) is 3.99. The number of nitrogens with two attached hydrogens (primary N) is 1. The first-order valence-corrected chi connectivity index (χ1v) is 6.87. The van der Waals surface area contributed by atoms with E-state index in [2.05, 4.69) is 0 Å². The lowest BCUT2D eigenvalue weighted by Crippen LogP contribution is -2.34. The fourth-order valence-corrected chi connectivity index (χ4v) is 3.25. The first kappa shape index (κ1) is 13.5. The SMILES string of the molecule is CC(C)(CCN)S(=O)(=O)c1cccc(Cl)c1. The van der Waals surface area contributed by atoms with Crippen LogP contribution in [0.5, 0.6) is 0 Å². The Labute approximate surface area is 102 Å². The molecule has 2 N–H and O–H groups in total. The highest BCUT2D eigenvalue weighted by atomic mass is 35.5. The highest BCUT2D eigenvalue weighted by Crippen LogP contribution is 2.29. The summed E-state index contributed by atoms with van der Waals surface area (Å²) in [5.41, 5.74) is 5.43. The molecule has 0 aromatic heterocycles. The normalized spacial score (nSPS) is 12.8. The Morgan fingerprint density at radius 2 is 2.00 bits per heavy atom. The van der Waals surface area contributed by atoms with Crippen LogP contribution >= 0.6 is 11.6 Å². The van der Waals surface area contributed by atoms with Gasteiger partial charge in [-0.05, 0) is 45.0 Å². The van der Waals surface area contributed by atoms with E-state index < -0.39 is 14.6 Å². The van der Waals surface area contributed by atoms with Gasteiger partial charge in [0, 0.05) is 5.02 Å². The van der Waals surface area contributed by atoms with E-state index in [4.69, 9.17) is 17.3 Å². The van der Waals surface area contributed by atoms with E-state index in [1.807, 2.05) is 0 Å². The third-order valence-corrected chi connectivity index (χ3v) is 5.35. The number of rotatable bonds is 4. The number of sulfone groups is 1. The maximum atomic E-state index is 12.3. The van der Waals surface area contributed by atoms with Crippen molar-refractivity contribution >= 4 is 21.4 Å². The summed E-state index contributed by atoms with van der Waals surface area (Å²) in [4.78, 5) is 0.249. The van der Waals surface area contributed by atoms with E-state index in [-0.39, 0.29) is 4.90 Å². The molecular weight excluding hydrogens is 246 g/mol. The molecule has 0 heterocycles. The molecule has 0 radical (unpaired) electrons. The van der Waals surface area contributed by atoms with Crippen molar-refractivity contribution in [1.29, 1.82) is 0 Å². The van der Waals surface area contributed by atoms with Gasteiger partial charge in [0.05, 0.1) is 9.64 Å². The first-order valence-electron chi connectivity index (χ1n) is 5.01. The summed E-state index contributed by atoms with van der Waals surface area (Å²) in [6.07, 6.45) is 0.418. The van der Waals surface area contributed by atoms with Crippen molar-refractivity contribution in [3.05, 3.63) is 29.3 Å². The molecule has 0 spiro atoms. The molecule has 0 fully saturated rings. The summed E-state index contributed by atoms with van der Waals surface area (Å²) in [6.45, 7) is 3.69. The largest absolute Gasteiger partial charge is 0.330 e. The molecule has 90 valence electrons. The van der Waals surface area contributed by atoms with Gasteiger partial charge in [-0.1, -0.05) is 17.7 Å². The second kappa shape index (κ2) is 4.73. The van der Waals surface area contributed by atoms with Crippen molar-refractivity contribution in [2.75, 3.05) is 6.54 Å². The van der Waals surface area contributed by atoms with Crippen molar-refractivity contribution in [1.82, 2.24) is 0 Å². The maximum Gasteiger partial charge on any atom is 0.183 e. The lowest BCUT2D eigenvalue weighted by Gasteiger charge is -2.24. The summed E-state index contributed by atoms with van der Waals surface area (Å²) < 4.78 is 23.7. The third kappa shape index (κ3) is 2.56. The molecule has 0 saturated carbocycles. The van der Waals surface area contributed by atoms with E-state index in [0.29, 0.717) is 18.0 Å². The summed E-state index contributed by atoms with van der Waals surface area (Å²) in [6, 6.07) is 6.30. The highest BCUT2D eigenvalue weighted by Gasteiger charge is 2.34. The van der Waals surface area contributed by atoms with Crippen LogP contribution in [0.2, 0.25) is 5.02 Å². The fourth-order valence-electron chi connectivity index (χ4n) is 1.44. The molecule has 0 amide bonds. The van der Waals surface area contributed by atoms with E-state index in [1.165, 1.54) is 6.07 Å². The number of benzene rings is 1. The van der Waals surface area contributed by atoms with Gasteiger partial charge in [0.15, 0.2) is 9.84 Å². The van der Waals surface area contributed by atoms with Crippen molar-refractivity contribution in [2.45, 2.75) is 29.9 Å². The fraction of sp³-hybridized carbons (Fsp3) is 0.455. The lowest BCUT2D eigenvalue weighted by molar-refractivity contribution is 0.530. The molecule has 0 bridgehead atoms. The number of hydrogen-bond donors (Lipinski definition) is 1. The molecular formula is C11H16ClNO2S. The Balaban J connectivity index is 3.21. The van der Waals surface area contributed by atoms with Crippen molar-refractivity contribution in [3.8, 4) is 0 Å². The van der Waals surface area contributed by atoms with E-state index in [0.717, 1.165) is 0 Å². The van der Waals surface area contributed by atoms with Gasteiger partial charge >= 0.3 is 0 Å². The average molecular weight is 262 g/mol. The zero-order chi connectivity index (χ0) is 12.4. The zero-order valence-corrected chi connectivity index (χ0v) is 11.0. The Morgan fingerprint density at radius 3 is 2.50 bits per heavy atom. The van der Waals surface area contributed by atoms with Crippen LogP contribution in [-0.4, -0.2) is 19.7 Å². The summed E-state index contributed by atoms with van der Waals surface area (Å²) in [5, 5.41) is 0.421. The van der Waals surface area contributed by atoms with Gasteiger partial charge < -0.3 is 5.73 Å². The van der Waals surface area contributed by atoms with Gasteiger partial charge in [0.25, 0.3) is 0 Å². The lowest BCUT2D eigenvalue weighted by atomic mass is 10.1. The minimum Gasteiger partial charge on any atom is -0.330 e. The van der Waals surface area contributed by atoms with E-state index in [1.54, 1.807) is 32.0 Å². The van der Waals surface area contributed by atoms with Gasteiger partial charge in [0.2, 0.25) is 0 Å². The smallest absolute Gasteiger partial charge is 0.183 e. The minimum absolute atomic E-state index is 0.249. The zero-order valence-electron chi connectivity index (χ0n) is 9.40. The molecule has 16 heavy (non-hydrogen) atoms. The summed E-state index contributed by atoms with van der Waals surface area (Å²) in [5.74, 6) is 0. The van der Waals surface area contributed by atoms with Gasteiger partial charge in [0.1, 0.15) is 0 Å². The summed E-state index contributed by atoms with van der Waals surface area (Å²) >= 11 is 5.79. The molecule has 5 heteroatoms. The quantitative estimate of drug-likeness (QED) is 0.904.